The van der Waals surface area contributed by atoms with Gasteiger partial charge in [-0.1, -0.05) is 0 Å². The second-order valence-electron chi connectivity index (χ2n) is 3.13. The van der Waals surface area contributed by atoms with Gasteiger partial charge in [0.05, 0.1) is 4.92 Å². The van der Waals surface area contributed by atoms with E-state index in [1.165, 1.54) is 25.1 Å². The molecule has 1 aromatic carbocycles. The lowest BCUT2D eigenvalue weighted by atomic mass is 10.2. The van der Waals surface area contributed by atoms with E-state index in [1.807, 2.05) is 22.6 Å². The summed E-state index contributed by atoms with van der Waals surface area (Å²) in [7, 11) is 0. The third-order valence-electron chi connectivity index (χ3n) is 1.91. The SMILES string of the molecule is CC(Nc1ccc([N+](=O)[O-])cc1I)C(=O)O. The van der Waals surface area contributed by atoms with Crippen molar-refractivity contribution in [1.29, 1.82) is 0 Å². The van der Waals surface area contributed by atoms with Crippen molar-refractivity contribution in [2.45, 2.75) is 13.0 Å². The standard InChI is InChI=1S/C9H9IN2O4/c1-5(9(13)14)11-8-3-2-6(12(15)16)4-7(8)10/h2-5,11H,1H3,(H,13,14). The Morgan fingerprint density at radius 1 is 1.62 bits per heavy atom. The predicted molar refractivity (Wildman–Crippen MR) is 66.5 cm³/mol. The molecule has 0 amide bonds. The highest BCUT2D eigenvalue weighted by Gasteiger charge is 2.14. The van der Waals surface area contributed by atoms with Crippen molar-refractivity contribution >= 4 is 39.9 Å². The first kappa shape index (κ1) is 12.7. The Morgan fingerprint density at radius 2 is 2.25 bits per heavy atom. The number of benzene rings is 1. The van der Waals surface area contributed by atoms with Crippen molar-refractivity contribution in [2.24, 2.45) is 0 Å². The summed E-state index contributed by atoms with van der Waals surface area (Å²) in [5, 5.41) is 21.9. The quantitative estimate of drug-likeness (QED) is 0.499. The lowest BCUT2D eigenvalue weighted by Crippen LogP contribution is -2.25. The number of hydrogen-bond acceptors (Lipinski definition) is 4. The van der Waals surface area contributed by atoms with Crippen molar-refractivity contribution in [2.75, 3.05) is 5.32 Å². The fourth-order valence-corrected chi connectivity index (χ4v) is 1.68. The smallest absolute Gasteiger partial charge is 0.325 e. The van der Waals surface area contributed by atoms with Crippen LogP contribution in [0.2, 0.25) is 0 Å². The predicted octanol–water partition coefficient (Wildman–Crippen LogP) is 2.08. The van der Waals surface area contributed by atoms with E-state index < -0.39 is 16.9 Å². The number of hydrogen-bond donors (Lipinski definition) is 2. The highest BCUT2D eigenvalue weighted by molar-refractivity contribution is 14.1. The molecule has 1 aromatic rings. The Bertz CT molecular complexity index is 436. The van der Waals surface area contributed by atoms with Gasteiger partial charge in [-0.2, -0.15) is 0 Å². The monoisotopic (exact) mass is 336 g/mol. The van der Waals surface area contributed by atoms with E-state index >= 15 is 0 Å². The molecule has 0 aliphatic carbocycles. The van der Waals surface area contributed by atoms with Gasteiger partial charge < -0.3 is 10.4 Å². The maximum absolute atomic E-state index is 10.6. The minimum Gasteiger partial charge on any atom is -0.480 e. The van der Waals surface area contributed by atoms with Crippen LogP contribution in [0.3, 0.4) is 0 Å². The molecule has 0 aliphatic rings. The number of rotatable bonds is 4. The number of carboxylic acid groups (broad SMARTS) is 1. The highest BCUT2D eigenvalue weighted by atomic mass is 127. The minimum atomic E-state index is -0.978. The van der Waals surface area contributed by atoms with Gasteiger partial charge in [-0.3, -0.25) is 14.9 Å². The average molecular weight is 336 g/mol. The Balaban J connectivity index is 2.91. The molecule has 0 aromatic heterocycles. The van der Waals surface area contributed by atoms with Crippen molar-refractivity contribution in [3.05, 3.63) is 31.9 Å². The van der Waals surface area contributed by atoms with Gasteiger partial charge in [-0.25, -0.2) is 0 Å². The van der Waals surface area contributed by atoms with Crippen LogP contribution in [0.15, 0.2) is 18.2 Å². The number of anilines is 1. The first-order valence-corrected chi connectivity index (χ1v) is 5.43. The lowest BCUT2D eigenvalue weighted by Gasteiger charge is -2.11. The topological polar surface area (TPSA) is 92.5 Å². The summed E-state index contributed by atoms with van der Waals surface area (Å²) in [5.41, 5.74) is 0.555. The minimum absolute atomic E-state index is 0.0158. The fraction of sp³-hybridized carbons (Fsp3) is 0.222. The van der Waals surface area contributed by atoms with E-state index in [-0.39, 0.29) is 5.69 Å². The van der Waals surface area contributed by atoms with E-state index in [2.05, 4.69) is 5.32 Å². The van der Waals surface area contributed by atoms with Crippen LogP contribution in [0, 0.1) is 13.7 Å². The van der Waals surface area contributed by atoms with E-state index in [1.54, 1.807) is 0 Å². The third-order valence-corrected chi connectivity index (χ3v) is 2.80. The average Bonchev–Trinajstić information content (AvgIpc) is 2.20. The number of nitrogens with one attached hydrogen (secondary N) is 1. The number of nitro benzene ring substituents is 1. The molecule has 2 N–H and O–H groups in total. The molecule has 86 valence electrons. The van der Waals surface area contributed by atoms with Crippen LogP contribution in [0.5, 0.6) is 0 Å². The Kier molecular flexibility index (Phi) is 4.05. The number of aliphatic carboxylic acids is 1. The highest BCUT2D eigenvalue weighted by Crippen LogP contribution is 2.24. The number of carboxylic acids is 1. The lowest BCUT2D eigenvalue weighted by molar-refractivity contribution is -0.384. The molecule has 0 heterocycles. The molecule has 16 heavy (non-hydrogen) atoms. The number of nitro groups is 1. The van der Waals surface area contributed by atoms with Crippen molar-refractivity contribution in [3.8, 4) is 0 Å². The van der Waals surface area contributed by atoms with Gasteiger partial charge in [0.1, 0.15) is 6.04 Å². The largest absolute Gasteiger partial charge is 0.480 e. The van der Waals surface area contributed by atoms with Crippen LogP contribution in [0.4, 0.5) is 11.4 Å². The van der Waals surface area contributed by atoms with Crippen LogP contribution >= 0.6 is 22.6 Å². The molecule has 0 radical (unpaired) electrons. The summed E-state index contributed by atoms with van der Waals surface area (Å²) in [6.45, 7) is 1.50. The zero-order valence-corrected chi connectivity index (χ0v) is 10.5. The molecule has 1 unspecified atom stereocenters. The Morgan fingerprint density at radius 3 is 2.69 bits per heavy atom. The zero-order chi connectivity index (χ0) is 12.3. The van der Waals surface area contributed by atoms with Crippen LogP contribution in [0.1, 0.15) is 6.92 Å². The molecular weight excluding hydrogens is 327 g/mol. The Labute approximate surface area is 105 Å². The van der Waals surface area contributed by atoms with E-state index in [9.17, 15) is 14.9 Å². The van der Waals surface area contributed by atoms with Gasteiger partial charge in [-0.15, -0.1) is 0 Å². The molecule has 0 saturated carbocycles. The molecule has 0 spiro atoms. The molecule has 0 fully saturated rings. The number of non-ortho nitro benzene ring substituents is 1. The molecule has 6 nitrogen and oxygen atoms in total. The van der Waals surface area contributed by atoms with Gasteiger partial charge in [0.2, 0.25) is 0 Å². The third kappa shape index (κ3) is 3.05. The maximum Gasteiger partial charge on any atom is 0.325 e. The second-order valence-corrected chi connectivity index (χ2v) is 4.29. The molecular formula is C9H9IN2O4. The summed E-state index contributed by atoms with van der Waals surface area (Å²) < 4.78 is 0.611. The van der Waals surface area contributed by atoms with E-state index in [4.69, 9.17) is 5.11 Å². The summed E-state index contributed by atoms with van der Waals surface area (Å²) in [6.07, 6.45) is 0. The summed E-state index contributed by atoms with van der Waals surface area (Å²) >= 11 is 1.92. The Hall–Kier alpha value is -1.38. The fourth-order valence-electron chi connectivity index (χ4n) is 1.03. The first-order valence-electron chi connectivity index (χ1n) is 4.35. The normalized spacial score (nSPS) is 11.9. The molecule has 0 aliphatic heterocycles. The molecule has 7 heteroatoms. The van der Waals surface area contributed by atoms with Gasteiger partial charge in [-0.05, 0) is 35.6 Å². The second kappa shape index (κ2) is 5.10. The number of nitrogens with zero attached hydrogens (tertiary/aromatic N) is 1. The van der Waals surface area contributed by atoms with Gasteiger partial charge >= 0.3 is 5.97 Å². The zero-order valence-electron chi connectivity index (χ0n) is 8.31. The van der Waals surface area contributed by atoms with Crippen LogP contribution in [-0.4, -0.2) is 22.0 Å². The van der Waals surface area contributed by atoms with Crippen molar-refractivity contribution in [3.63, 3.8) is 0 Å². The summed E-state index contributed by atoms with van der Waals surface area (Å²) in [5.74, 6) is -0.978. The van der Waals surface area contributed by atoms with Crippen molar-refractivity contribution in [1.82, 2.24) is 0 Å². The number of halogens is 1. The maximum atomic E-state index is 10.6. The number of carbonyl (C=O) groups is 1. The molecule has 0 saturated heterocycles. The van der Waals surface area contributed by atoms with Gasteiger partial charge in [0.15, 0.2) is 0 Å². The van der Waals surface area contributed by atoms with Crippen LogP contribution in [0.25, 0.3) is 0 Å². The van der Waals surface area contributed by atoms with Gasteiger partial charge in [0, 0.05) is 21.4 Å². The summed E-state index contributed by atoms with van der Waals surface area (Å²) in [4.78, 5) is 20.6. The molecule has 1 atom stereocenters. The van der Waals surface area contributed by atoms with Crippen molar-refractivity contribution < 1.29 is 14.8 Å². The van der Waals surface area contributed by atoms with Gasteiger partial charge in [0.25, 0.3) is 5.69 Å². The summed E-state index contributed by atoms with van der Waals surface area (Å²) in [6, 6.07) is 3.48. The van der Waals surface area contributed by atoms with E-state index in [0.717, 1.165) is 0 Å². The molecule has 0 bridgehead atoms. The van der Waals surface area contributed by atoms with Crippen LogP contribution in [-0.2, 0) is 4.79 Å². The molecule has 1 rings (SSSR count). The first-order chi connectivity index (χ1) is 7.41. The van der Waals surface area contributed by atoms with E-state index in [0.29, 0.717) is 9.26 Å². The van der Waals surface area contributed by atoms with Crippen LogP contribution < -0.4 is 5.32 Å².